The van der Waals surface area contributed by atoms with Gasteiger partial charge in [0.2, 0.25) is 5.96 Å². The van der Waals surface area contributed by atoms with Gasteiger partial charge in [-0.2, -0.15) is 5.10 Å². The van der Waals surface area contributed by atoms with Crippen molar-refractivity contribution in [2.24, 2.45) is 17.1 Å². The summed E-state index contributed by atoms with van der Waals surface area (Å²) in [5.41, 5.74) is 7.40. The molecule has 0 radical (unpaired) electrons. The lowest BCUT2D eigenvalue weighted by atomic mass is 10.2. The van der Waals surface area contributed by atoms with E-state index in [1.807, 2.05) is 24.3 Å². The van der Waals surface area contributed by atoms with E-state index in [9.17, 15) is 0 Å². The summed E-state index contributed by atoms with van der Waals surface area (Å²) in [5, 5.41) is 7.38. The Bertz CT molecular complexity index is 1020. The second-order valence-corrected chi connectivity index (χ2v) is 6.89. The molecular formula is C21H25N6O+. The quantitative estimate of drug-likeness (QED) is 0.406. The van der Waals surface area contributed by atoms with Crippen LogP contribution in [0.1, 0.15) is 23.2 Å². The summed E-state index contributed by atoms with van der Waals surface area (Å²) in [4.78, 5) is 4.31. The normalized spacial score (nSPS) is 14.1. The molecular weight excluding hydrogens is 352 g/mol. The Morgan fingerprint density at radius 3 is 2.89 bits per heavy atom. The predicted molar refractivity (Wildman–Crippen MR) is 110 cm³/mol. The number of hydrazone groups is 1. The Kier molecular flexibility index (Phi) is 5.23. The van der Waals surface area contributed by atoms with Crippen LogP contribution in [0.25, 0.3) is 5.65 Å². The van der Waals surface area contributed by atoms with Crippen molar-refractivity contribution in [1.29, 1.82) is 0 Å². The summed E-state index contributed by atoms with van der Waals surface area (Å²) in [6, 6.07) is 12.1. The maximum Gasteiger partial charge on any atom is 0.286 e. The van der Waals surface area contributed by atoms with Crippen LogP contribution in [0.3, 0.4) is 0 Å². The van der Waals surface area contributed by atoms with Crippen molar-refractivity contribution in [2.75, 3.05) is 13.1 Å². The van der Waals surface area contributed by atoms with E-state index >= 15 is 0 Å². The molecule has 0 saturated heterocycles. The lowest BCUT2D eigenvalue weighted by Crippen LogP contribution is -2.38. The Hall–Kier alpha value is -3.35. The highest BCUT2D eigenvalue weighted by Gasteiger charge is 2.14. The van der Waals surface area contributed by atoms with E-state index in [2.05, 4.69) is 68.3 Å². The molecule has 2 N–H and O–H groups in total. The Labute approximate surface area is 164 Å². The predicted octanol–water partition coefficient (Wildman–Crippen LogP) is 1.92. The number of aliphatic imine (C=N–C) groups is 1. The molecule has 1 aliphatic heterocycles. The van der Waals surface area contributed by atoms with Crippen LogP contribution in [-0.4, -0.2) is 29.8 Å². The maximum absolute atomic E-state index is 5.96. The van der Waals surface area contributed by atoms with Gasteiger partial charge in [0.1, 0.15) is 11.9 Å². The number of nitrogens with zero attached hydrogens (tertiary/aromatic N) is 4. The minimum Gasteiger partial charge on any atom is -0.485 e. The maximum atomic E-state index is 5.96. The first-order valence-corrected chi connectivity index (χ1v) is 9.45. The number of rotatable bonds is 5. The number of ether oxygens (including phenoxy) is 1. The van der Waals surface area contributed by atoms with Gasteiger partial charge in [0.15, 0.2) is 12.3 Å². The fourth-order valence-electron chi connectivity index (χ4n) is 3.12. The van der Waals surface area contributed by atoms with Crippen molar-refractivity contribution in [1.82, 2.24) is 15.3 Å². The van der Waals surface area contributed by atoms with Crippen LogP contribution in [0.2, 0.25) is 0 Å². The van der Waals surface area contributed by atoms with Crippen LogP contribution >= 0.6 is 0 Å². The molecule has 3 heterocycles. The highest BCUT2D eigenvalue weighted by Crippen LogP contribution is 2.14. The molecule has 2 aromatic heterocycles. The van der Waals surface area contributed by atoms with Gasteiger partial charge in [-0.3, -0.25) is 4.99 Å². The summed E-state index contributed by atoms with van der Waals surface area (Å²) in [6.07, 6.45) is 7.06. The molecule has 1 aliphatic rings. The third kappa shape index (κ3) is 4.14. The smallest absolute Gasteiger partial charge is 0.286 e. The first-order valence-electron chi connectivity index (χ1n) is 9.45. The number of nitrogens with one attached hydrogen (secondary N) is 2. The van der Waals surface area contributed by atoms with Crippen LogP contribution < -0.4 is 19.9 Å². The van der Waals surface area contributed by atoms with Gasteiger partial charge in [-0.05, 0) is 54.8 Å². The standard InChI is InChI=1S/C21H25N6O/c1-16-4-9-20-26(2)18(14-27(20)13-16)15-28-19-7-5-17(6-8-19)12-24-25-21-22-10-3-11-23-21/h4-9,12-14H,3,10-11,15H2,1-2H3,(H2,22,23,25)/q+1/b24-12+. The van der Waals surface area contributed by atoms with Crippen molar-refractivity contribution in [3.63, 3.8) is 0 Å². The molecule has 4 rings (SSSR count). The van der Waals surface area contributed by atoms with Gasteiger partial charge in [-0.15, -0.1) is 0 Å². The number of imidazole rings is 1. The molecule has 0 unspecified atom stereocenters. The van der Waals surface area contributed by atoms with E-state index in [1.54, 1.807) is 6.21 Å². The third-order valence-corrected chi connectivity index (χ3v) is 4.71. The van der Waals surface area contributed by atoms with E-state index in [0.29, 0.717) is 6.61 Å². The number of pyridine rings is 1. The topological polar surface area (TPSA) is 67.0 Å². The van der Waals surface area contributed by atoms with Crippen LogP contribution in [0.15, 0.2) is 58.9 Å². The van der Waals surface area contributed by atoms with Crippen LogP contribution in [0.4, 0.5) is 0 Å². The number of fused-ring (bicyclic) bond motifs is 1. The number of benzene rings is 1. The summed E-state index contributed by atoms with van der Waals surface area (Å²) in [7, 11) is 2.06. The third-order valence-electron chi connectivity index (χ3n) is 4.71. The average Bonchev–Trinajstić information content (AvgIpc) is 3.03. The molecule has 0 bridgehead atoms. The van der Waals surface area contributed by atoms with Crippen molar-refractivity contribution in [3.05, 3.63) is 65.6 Å². The minimum absolute atomic E-state index is 0.512. The molecule has 144 valence electrons. The molecule has 1 aromatic carbocycles. The van der Waals surface area contributed by atoms with Crippen LogP contribution in [0, 0.1) is 6.92 Å². The lowest BCUT2D eigenvalue weighted by Gasteiger charge is -2.12. The highest BCUT2D eigenvalue weighted by molar-refractivity contribution is 5.84. The average molecular weight is 377 g/mol. The van der Waals surface area contributed by atoms with Gasteiger partial charge in [0.25, 0.3) is 5.65 Å². The molecule has 0 amide bonds. The SMILES string of the molecule is Cc1ccc2n(C)c(COc3ccc(/C=N/NC4=NCCCN4)cc3)c[n+]2c1. The van der Waals surface area contributed by atoms with E-state index in [1.165, 1.54) is 5.56 Å². The van der Waals surface area contributed by atoms with E-state index < -0.39 is 0 Å². The lowest BCUT2D eigenvalue weighted by molar-refractivity contribution is -0.511. The molecule has 3 aromatic rings. The highest BCUT2D eigenvalue weighted by atomic mass is 16.5. The number of aryl methyl sites for hydroxylation is 2. The molecule has 0 atom stereocenters. The molecule has 7 heteroatoms. The molecule has 7 nitrogen and oxygen atoms in total. The van der Waals surface area contributed by atoms with E-state index in [4.69, 9.17) is 4.74 Å². The number of hydrogen-bond acceptors (Lipinski definition) is 5. The monoisotopic (exact) mass is 377 g/mol. The number of aromatic nitrogens is 2. The van der Waals surface area contributed by atoms with Gasteiger partial charge in [0, 0.05) is 19.2 Å². The zero-order valence-corrected chi connectivity index (χ0v) is 16.2. The second kappa shape index (κ2) is 8.12. The van der Waals surface area contributed by atoms with Crippen molar-refractivity contribution in [2.45, 2.75) is 20.0 Å². The Morgan fingerprint density at radius 2 is 2.11 bits per heavy atom. The molecule has 0 saturated carbocycles. The first kappa shape index (κ1) is 18.0. The largest absolute Gasteiger partial charge is 0.485 e. The fraction of sp³-hybridized carbons (Fsp3) is 0.286. The number of hydrogen-bond donors (Lipinski definition) is 2. The minimum atomic E-state index is 0.512. The molecule has 0 spiro atoms. The number of guanidine groups is 1. The fourth-order valence-corrected chi connectivity index (χ4v) is 3.12. The van der Waals surface area contributed by atoms with E-state index in [-0.39, 0.29) is 0 Å². The van der Waals surface area contributed by atoms with Crippen molar-refractivity contribution < 1.29 is 9.14 Å². The zero-order valence-electron chi connectivity index (χ0n) is 16.2. The molecule has 0 fully saturated rings. The van der Waals surface area contributed by atoms with E-state index in [0.717, 1.165) is 48.1 Å². The van der Waals surface area contributed by atoms with Gasteiger partial charge >= 0.3 is 0 Å². The Morgan fingerprint density at radius 1 is 1.25 bits per heavy atom. The van der Waals surface area contributed by atoms with Gasteiger partial charge in [-0.1, -0.05) is 0 Å². The zero-order chi connectivity index (χ0) is 19.3. The summed E-state index contributed by atoms with van der Waals surface area (Å²) >= 11 is 0. The summed E-state index contributed by atoms with van der Waals surface area (Å²) in [6.45, 7) is 4.38. The van der Waals surface area contributed by atoms with Gasteiger partial charge < -0.3 is 10.1 Å². The van der Waals surface area contributed by atoms with Crippen LogP contribution in [-0.2, 0) is 13.7 Å². The first-order chi connectivity index (χ1) is 13.7. The molecule has 0 aliphatic carbocycles. The van der Waals surface area contributed by atoms with Crippen LogP contribution in [0.5, 0.6) is 5.75 Å². The summed E-state index contributed by atoms with van der Waals surface area (Å²) < 4.78 is 10.2. The molecule has 28 heavy (non-hydrogen) atoms. The van der Waals surface area contributed by atoms with Crippen molar-refractivity contribution >= 4 is 17.8 Å². The summed E-state index contributed by atoms with van der Waals surface area (Å²) in [5.74, 6) is 1.56. The second-order valence-electron chi connectivity index (χ2n) is 6.89. The van der Waals surface area contributed by atoms with Gasteiger partial charge in [0.05, 0.1) is 19.5 Å². The van der Waals surface area contributed by atoms with Gasteiger partial charge in [-0.25, -0.2) is 14.4 Å². The van der Waals surface area contributed by atoms with Crippen molar-refractivity contribution in [3.8, 4) is 5.75 Å². The Balaban J connectivity index is 1.35.